The van der Waals surface area contributed by atoms with Crippen LogP contribution in [0.5, 0.6) is 0 Å². The fourth-order valence-corrected chi connectivity index (χ4v) is 4.02. The Bertz CT molecular complexity index is 839. The molecule has 2 N–H and O–H groups in total. The third-order valence-electron chi connectivity index (χ3n) is 3.88. The van der Waals surface area contributed by atoms with Crippen molar-refractivity contribution >= 4 is 34.2 Å². The van der Waals surface area contributed by atoms with Crippen molar-refractivity contribution < 1.29 is 23.6 Å². The molecule has 2 aromatic rings. The zero-order valence-electron chi connectivity index (χ0n) is 13.8. The van der Waals surface area contributed by atoms with Crippen LogP contribution in [0, 0.1) is 6.92 Å². The molecular weight excluding hydrogens is 346 g/mol. The molecule has 132 valence electrons. The first-order valence-electron chi connectivity index (χ1n) is 7.78. The molecule has 0 aliphatic heterocycles. The molecule has 8 nitrogen and oxygen atoms in total. The predicted molar refractivity (Wildman–Crippen MR) is 90.0 cm³/mol. The molecule has 0 saturated carbocycles. The molecular formula is C16H17N3O5S. The van der Waals surface area contributed by atoms with Crippen LogP contribution in [0.4, 0.5) is 9.80 Å². The number of methoxy groups -OCH3 is 1. The van der Waals surface area contributed by atoms with Crippen molar-refractivity contribution in [3.63, 3.8) is 0 Å². The highest BCUT2D eigenvalue weighted by Gasteiger charge is 2.28. The molecule has 2 heterocycles. The van der Waals surface area contributed by atoms with Crippen molar-refractivity contribution in [2.75, 3.05) is 12.4 Å². The van der Waals surface area contributed by atoms with E-state index in [0.29, 0.717) is 16.3 Å². The number of rotatable bonds is 3. The quantitative estimate of drug-likeness (QED) is 0.867. The second kappa shape index (κ2) is 7.06. The molecule has 0 fully saturated rings. The SMILES string of the molecule is COC(=O)NC(=O)c1c(NC(=O)c2cc(C)no2)sc2c1CCCC2. The standard InChI is InChI=1S/C16H17N3O5S/c1-8-7-10(24-19-8)13(20)17-15-12(14(21)18-16(22)23-2)9-5-3-4-6-11(9)25-15/h7H,3-6H2,1-2H3,(H,17,20)(H,18,21,22). The van der Waals surface area contributed by atoms with E-state index in [1.807, 2.05) is 0 Å². The van der Waals surface area contributed by atoms with Gasteiger partial charge in [-0.1, -0.05) is 5.16 Å². The first-order chi connectivity index (χ1) is 12.0. The minimum atomic E-state index is -0.844. The Kier molecular flexibility index (Phi) is 4.84. The predicted octanol–water partition coefficient (Wildman–Crippen LogP) is 2.67. The van der Waals surface area contributed by atoms with Crippen molar-refractivity contribution in [2.24, 2.45) is 0 Å². The highest BCUT2D eigenvalue weighted by Crippen LogP contribution is 2.38. The smallest absolute Gasteiger partial charge is 0.413 e. The minimum absolute atomic E-state index is 0.0585. The number of amides is 3. The van der Waals surface area contributed by atoms with Gasteiger partial charge in [0.25, 0.3) is 11.8 Å². The minimum Gasteiger partial charge on any atom is -0.453 e. The summed E-state index contributed by atoms with van der Waals surface area (Å²) < 4.78 is 9.43. The van der Waals surface area contributed by atoms with Crippen LogP contribution in [0.15, 0.2) is 10.6 Å². The number of imide groups is 1. The molecule has 0 unspecified atom stereocenters. The van der Waals surface area contributed by atoms with Crippen LogP contribution in [-0.2, 0) is 17.6 Å². The van der Waals surface area contributed by atoms with Crippen LogP contribution in [0.2, 0.25) is 0 Å². The molecule has 0 spiro atoms. The summed E-state index contributed by atoms with van der Waals surface area (Å²) in [5.41, 5.74) is 1.77. The molecule has 2 aromatic heterocycles. The highest BCUT2D eigenvalue weighted by atomic mass is 32.1. The number of hydrogen-bond acceptors (Lipinski definition) is 7. The summed E-state index contributed by atoms with van der Waals surface area (Å²) in [5, 5.41) is 8.94. The van der Waals surface area contributed by atoms with Gasteiger partial charge in [0.05, 0.1) is 18.4 Å². The number of thiophene rings is 1. The molecule has 0 atom stereocenters. The number of anilines is 1. The number of carbonyl (C=O) groups is 3. The maximum absolute atomic E-state index is 12.5. The summed E-state index contributed by atoms with van der Waals surface area (Å²) >= 11 is 1.35. The van der Waals surface area contributed by atoms with Gasteiger partial charge in [-0.2, -0.15) is 0 Å². The zero-order chi connectivity index (χ0) is 18.0. The molecule has 1 aliphatic carbocycles. The van der Waals surface area contributed by atoms with Gasteiger partial charge in [0.2, 0.25) is 5.76 Å². The van der Waals surface area contributed by atoms with Crippen LogP contribution in [-0.4, -0.2) is 30.2 Å². The summed E-state index contributed by atoms with van der Waals surface area (Å²) in [6, 6.07) is 1.51. The normalized spacial score (nSPS) is 13.0. The molecule has 1 aliphatic rings. The van der Waals surface area contributed by atoms with Crippen LogP contribution < -0.4 is 10.6 Å². The van der Waals surface area contributed by atoms with Gasteiger partial charge in [-0.15, -0.1) is 11.3 Å². The number of nitrogens with one attached hydrogen (secondary N) is 2. The molecule has 3 amide bonds. The summed E-state index contributed by atoms with van der Waals surface area (Å²) in [6.07, 6.45) is 2.71. The number of hydrogen-bond donors (Lipinski definition) is 2. The van der Waals surface area contributed by atoms with Crippen molar-refractivity contribution in [1.29, 1.82) is 0 Å². The largest absolute Gasteiger partial charge is 0.453 e. The summed E-state index contributed by atoms with van der Waals surface area (Å²) in [4.78, 5) is 37.3. The van der Waals surface area contributed by atoms with Crippen LogP contribution in [0.3, 0.4) is 0 Å². The second-order valence-electron chi connectivity index (χ2n) is 5.65. The van der Waals surface area contributed by atoms with Crippen LogP contribution >= 0.6 is 11.3 Å². The summed E-state index contributed by atoms with van der Waals surface area (Å²) in [6.45, 7) is 1.71. The lowest BCUT2D eigenvalue weighted by molar-refractivity contribution is 0.0937. The van der Waals surface area contributed by atoms with Gasteiger partial charge in [-0.3, -0.25) is 14.9 Å². The van der Waals surface area contributed by atoms with Crippen molar-refractivity contribution in [3.8, 4) is 0 Å². The average Bonchev–Trinajstić information content (AvgIpc) is 3.17. The number of ether oxygens (including phenoxy) is 1. The van der Waals surface area contributed by atoms with Gasteiger partial charge in [0, 0.05) is 10.9 Å². The van der Waals surface area contributed by atoms with Crippen LogP contribution in [0.25, 0.3) is 0 Å². The van der Waals surface area contributed by atoms with E-state index >= 15 is 0 Å². The molecule has 0 aromatic carbocycles. The monoisotopic (exact) mass is 363 g/mol. The van der Waals surface area contributed by atoms with Gasteiger partial charge in [0.1, 0.15) is 5.00 Å². The van der Waals surface area contributed by atoms with Gasteiger partial charge < -0.3 is 14.6 Å². The third-order valence-corrected chi connectivity index (χ3v) is 5.09. The molecule has 0 bridgehead atoms. The zero-order valence-corrected chi connectivity index (χ0v) is 14.6. The Morgan fingerprint density at radius 3 is 2.68 bits per heavy atom. The summed E-state index contributed by atoms with van der Waals surface area (Å²) in [5.74, 6) is -1.02. The van der Waals surface area contributed by atoms with E-state index in [1.165, 1.54) is 24.5 Å². The number of aryl methyl sites for hydroxylation is 2. The van der Waals surface area contributed by atoms with E-state index in [2.05, 4.69) is 20.5 Å². The Balaban J connectivity index is 1.92. The molecule has 9 heteroatoms. The van der Waals surface area contributed by atoms with Crippen molar-refractivity contribution in [1.82, 2.24) is 10.5 Å². The number of fused-ring (bicyclic) bond motifs is 1. The Morgan fingerprint density at radius 2 is 2.00 bits per heavy atom. The Morgan fingerprint density at radius 1 is 1.24 bits per heavy atom. The van der Waals surface area contributed by atoms with E-state index in [0.717, 1.165) is 36.1 Å². The first kappa shape index (κ1) is 17.2. The van der Waals surface area contributed by atoms with E-state index in [-0.39, 0.29) is 5.76 Å². The lowest BCUT2D eigenvalue weighted by atomic mass is 9.95. The molecule has 0 radical (unpaired) electrons. The topological polar surface area (TPSA) is 111 Å². The van der Waals surface area contributed by atoms with Gasteiger partial charge in [-0.05, 0) is 38.2 Å². The fraction of sp³-hybridized carbons (Fsp3) is 0.375. The van der Waals surface area contributed by atoms with Gasteiger partial charge in [-0.25, -0.2) is 4.79 Å². The second-order valence-corrected chi connectivity index (χ2v) is 6.75. The number of alkyl carbamates (subject to hydrolysis) is 1. The number of carbonyl (C=O) groups excluding carboxylic acids is 3. The number of nitrogens with zero attached hydrogens (tertiary/aromatic N) is 1. The van der Waals surface area contributed by atoms with Crippen molar-refractivity contribution in [2.45, 2.75) is 32.6 Å². The molecule has 3 rings (SSSR count). The van der Waals surface area contributed by atoms with Crippen molar-refractivity contribution in [3.05, 3.63) is 33.5 Å². The summed E-state index contributed by atoms with van der Waals surface area (Å²) in [7, 11) is 1.18. The maximum atomic E-state index is 12.5. The van der Waals surface area contributed by atoms with E-state index < -0.39 is 17.9 Å². The third kappa shape index (κ3) is 3.55. The number of aromatic nitrogens is 1. The van der Waals surface area contributed by atoms with Gasteiger partial charge >= 0.3 is 6.09 Å². The van der Waals surface area contributed by atoms with Crippen LogP contribution in [0.1, 0.15) is 49.9 Å². The highest BCUT2D eigenvalue weighted by molar-refractivity contribution is 7.17. The molecule has 25 heavy (non-hydrogen) atoms. The van der Waals surface area contributed by atoms with Gasteiger partial charge in [0.15, 0.2) is 0 Å². The lowest BCUT2D eigenvalue weighted by Crippen LogP contribution is -2.31. The van der Waals surface area contributed by atoms with E-state index in [4.69, 9.17) is 4.52 Å². The lowest BCUT2D eigenvalue weighted by Gasteiger charge is -2.12. The van der Waals surface area contributed by atoms with E-state index in [9.17, 15) is 14.4 Å². The fourth-order valence-electron chi connectivity index (χ4n) is 2.74. The molecule has 0 saturated heterocycles. The maximum Gasteiger partial charge on any atom is 0.413 e. The first-order valence-corrected chi connectivity index (χ1v) is 8.59. The average molecular weight is 363 g/mol. The Hall–Kier alpha value is -2.68. The van der Waals surface area contributed by atoms with E-state index in [1.54, 1.807) is 6.92 Å². The Labute approximate surface area is 147 Å².